The molecule has 106 valence electrons. The Bertz CT molecular complexity index is 718. The van der Waals surface area contributed by atoms with Crippen LogP contribution in [-0.2, 0) is 0 Å². The number of nitriles is 1. The molecule has 1 amide bonds. The largest absolute Gasteiger partial charge is 0.373 e. The number of nitrogens with one attached hydrogen (secondary N) is 1. The Balaban J connectivity index is 2.35. The highest BCUT2D eigenvalue weighted by molar-refractivity contribution is 6.06. The highest BCUT2D eigenvalue weighted by Crippen LogP contribution is 2.18. The van der Waals surface area contributed by atoms with Crippen molar-refractivity contribution in [3.63, 3.8) is 0 Å². The van der Waals surface area contributed by atoms with E-state index >= 15 is 0 Å². The predicted molar refractivity (Wildman–Crippen MR) is 82.4 cm³/mol. The molecule has 0 radical (unpaired) electrons. The zero-order chi connectivity index (χ0) is 15.4. The Morgan fingerprint density at radius 1 is 1.33 bits per heavy atom. The first-order valence-corrected chi connectivity index (χ1v) is 6.50. The molecule has 0 atom stereocenters. The number of aryl methyl sites for hydroxylation is 1. The van der Waals surface area contributed by atoms with E-state index in [0.29, 0.717) is 22.6 Å². The Morgan fingerprint density at radius 3 is 2.76 bits per heavy atom. The van der Waals surface area contributed by atoms with Crippen LogP contribution < -0.4 is 10.2 Å². The molecule has 0 aliphatic carbocycles. The number of hydrogen-bond donors (Lipinski definition) is 1. The summed E-state index contributed by atoms with van der Waals surface area (Å²) in [5.74, 6) is 0.504. The van der Waals surface area contributed by atoms with Crippen LogP contribution in [0.3, 0.4) is 0 Å². The third kappa shape index (κ3) is 3.18. The summed E-state index contributed by atoms with van der Waals surface area (Å²) in [6.07, 6.45) is 0. The van der Waals surface area contributed by atoms with Gasteiger partial charge in [-0.2, -0.15) is 5.26 Å². The minimum atomic E-state index is -0.146. The van der Waals surface area contributed by atoms with Gasteiger partial charge in [0.2, 0.25) is 0 Å². The van der Waals surface area contributed by atoms with Crippen LogP contribution in [-0.4, -0.2) is 25.0 Å². The Hall–Kier alpha value is -2.87. The van der Waals surface area contributed by atoms with Crippen molar-refractivity contribution in [3.05, 3.63) is 53.2 Å². The summed E-state index contributed by atoms with van der Waals surface area (Å²) in [6, 6.07) is 12.5. The zero-order valence-corrected chi connectivity index (χ0v) is 12.2. The van der Waals surface area contributed by atoms with Crippen molar-refractivity contribution >= 4 is 17.4 Å². The number of nitrogens with zero attached hydrogens (tertiary/aromatic N) is 3. The molecule has 0 fully saturated rings. The summed E-state index contributed by atoms with van der Waals surface area (Å²) in [4.78, 5) is 18.3. The van der Waals surface area contributed by atoms with E-state index in [9.17, 15) is 4.79 Å². The maximum atomic E-state index is 12.6. The molecule has 0 aliphatic heterocycles. The second-order valence-electron chi connectivity index (χ2n) is 4.66. The van der Waals surface area contributed by atoms with E-state index in [1.54, 1.807) is 50.5 Å². The van der Waals surface area contributed by atoms with Gasteiger partial charge in [-0.3, -0.25) is 4.79 Å². The van der Waals surface area contributed by atoms with Crippen LogP contribution in [0.2, 0.25) is 0 Å². The van der Waals surface area contributed by atoms with Crippen molar-refractivity contribution in [2.24, 2.45) is 0 Å². The molecule has 0 saturated heterocycles. The number of hydrogen-bond acceptors (Lipinski definition) is 4. The topological polar surface area (TPSA) is 69.0 Å². The second-order valence-corrected chi connectivity index (χ2v) is 4.66. The summed E-state index contributed by atoms with van der Waals surface area (Å²) < 4.78 is 0. The lowest BCUT2D eigenvalue weighted by Gasteiger charge is -2.18. The third-order valence-corrected chi connectivity index (χ3v) is 3.12. The van der Waals surface area contributed by atoms with Gasteiger partial charge in [0.1, 0.15) is 5.82 Å². The minimum absolute atomic E-state index is 0.146. The van der Waals surface area contributed by atoms with Gasteiger partial charge in [0, 0.05) is 31.0 Å². The number of aromatic nitrogens is 1. The first-order valence-electron chi connectivity index (χ1n) is 6.50. The number of pyridine rings is 1. The average molecular weight is 280 g/mol. The van der Waals surface area contributed by atoms with E-state index in [2.05, 4.69) is 16.4 Å². The fraction of sp³-hybridized carbons (Fsp3) is 0.188. The van der Waals surface area contributed by atoms with Crippen LogP contribution in [0.25, 0.3) is 0 Å². The van der Waals surface area contributed by atoms with Gasteiger partial charge in [-0.1, -0.05) is 6.07 Å². The maximum Gasteiger partial charge on any atom is 0.258 e. The molecule has 2 rings (SSSR count). The van der Waals surface area contributed by atoms with Crippen LogP contribution in [0.5, 0.6) is 0 Å². The number of amides is 1. The molecule has 0 saturated carbocycles. The molecule has 1 aromatic carbocycles. The molecule has 1 N–H and O–H groups in total. The van der Waals surface area contributed by atoms with Gasteiger partial charge in [0.25, 0.3) is 5.91 Å². The molecule has 0 aliphatic rings. The molecule has 1 heterocycles. The van der Waals surface area contributed by atoms with Crippen LogP contribution in [0.1, 0.15) is 21.6 Å². The van der Waals surface area contributed by atoms with E-state index in [4.69, 9.17) is 5.26 Å². The lowest BCUT2D eigenvalue weighted by atomic mass is 10.1. The Labute approximate surface area is 123 Å². The fourth-order valence-corrected chi connectivity index (χ4v) is 2.02. The molecular formula is C16H16N4O. The van der Waals surface area contributed by atoms with E-state index in [-0.39, 0.29) is 5.91 Å². The molecule has 0 bridgehead atoms. The second kappa shape index (κ2) is 6.06. The van der Waals surface area contributed by atoms with Crippen LogP contribution in [0.15, 0.2) is 36.4 Å². The van der Waals surface area contributed by atoms with E-state index in [1.807, 2.05) is 6.92 Å². The molecule has 1 aromatic heterocycles. The quantitative estimate of drug-likeness (QED) is 0.938. The Kier molecular flexibility index (Phi) is 4.19. The lowest BCUT2D eigenvalue weighted by Crippen LogP contribution is -2.26. The van der Waals surface area contributed by atoms with Crippen LogP contribution in [0, 0.1) is 18.3 Å². The summed E-state index contributed by atoms with van der Waals surface area (Å²) in [5, 5.41) is 11.9. The van der Waals surface area contributed by atoms with Gasteiger partial charge < -0.3 is 10.2 Å². The summed E-state index contributed by atoms with van der Waals surface area (Å²) in [6.45, 7) is 1.84. The predicted octanol–water partition coefficient (Wildman–Crippen LogP) is 2.58. The van der Waals surface area contributed by atoms with E-state index in [0.717, 1.165) is 5.69 Å². The molecule has 0 spiro atoms. The highest BCUT2D eigenvalue weighted by Gasteiger charge is 2.15. The van der Waals surface area contributed by atoms with Gasteiger partial charge >= 0.3 is 0 Å². The zero-order valence-electron chi connectivity index (χ0n) is 12.2. The fourth-order valence-electron chi connectivity index (χ4n) is 2.02. The van der Waals surface area contributed by atoms with Crippen molar-refractivity contribution in [1.29, 1.82) is 5.26 Å². The van der Waals surface area contributed by atoms with Crippen molar-refractivity contribution in [2.75, 3.05) is 24.3 Å². The summed E-state index contributed by atoms with van der Waals surface area (Å²) in [7, 11) is 3.45. The average Bonchev–Trinajstić information content (AvgIpc) is 2.52. The molecule has 21 heavy (non-hydrogen) atoms. The standard InChI is InChI=1S/C16H16N4O/c1-11-7-13(9-15(18-2)19-11)16(21)20(3)14-6-4-5-12(8-14)10-17/h4-9H,1-3H3,(H,18,19). The van der Waals surface area contributed by atoms with Gasteiger partial charge in [-0.15, -0.1) is 0 Å². The SMILES string of the molecule is CNc1cc(C(=O)N(C)c2cccc(C#N)c2)cc(C)n1. The third-order valence-electron chi connectivity index (χ3n) is 3.12. The number of carbonyl (C=O) groups is 1. The van der Waals surface area contributed by atoms with Crippen molar-refractivity contribution in [1.82, 2.24) is 4.98 Å². The number of rotatable bonds is 3. The van der Waals surface area contributed by atoms with Crippen LogP contribution >= 0.6 is 0 Å². The molecular weight excluding hydrogens is 264 g/mol. The number of benzene rings is 1. The summed E-state index contributed by atoms with van der Waals surface area (Å²) in [5.41, 5.74) is 2.52. The molecule has 2 aromatic rings. The van der Waals surface area contributed by atoms with Crippen molar-refractivity contribution < 1.29 is 4.79 Å². The minimum Gasteiger partial charge on any atom is -0.373 e. The monoisotopic (exact) mass is 280 g/mol. The lowest BCUT2D eigenvalue weighted by molar-refractivity contribution is 0.0993. The smallest absolute Gasteiger partial charge is 0.258 e. The number of carbonyl (C=O) groups excluding carboxylic acids is 1. The first-order chi connectivity index (χ1) is 10.0. The molecule has 5 nitrogen and oxygen atoms in total. The van der Waals surface area contributed by atoms with Gasteiger partial charge in [-0.25, -0.2) is 4.98 Å². The normalized spacial score (nSPS) is 9.81. The van der Waals surface area contributed by atoms with Gasteiger partial charge in [-0.05, 0) is 37.3 Å². The van der Waals surface area contributed by atoms with Crippen molar-refractivity contribution in [3.8, 4) is 6.07 Å². The first kappa shape index (κ1) is 14.5. The maximum absolute atomic E-state index is 12.6. The summed E-state index contributed by atoms with van der Waals surface area (Å²) >= 11 is 0. The highest BCUT2D eigenvalue weighted by atomic mass is 16.2. The Morgan fingerprint density at radius 2 is 2.10 bits per heavy atom. The van der Waals surface area contributed by atoms with Gasteiger partial charge in [0.15, 0.2) is 0 Å². The van der Waals surface area contributed by atoms with E-state index in [1.165, 1.54) is 4.90 Å². The van der Waals surface area contributed by atoms with Crippen LogP contribution in [0.4, 0.5) is 11.5 Å². The van der Waals surface area contributed by atoms with E-state index < -0.39 is 0 Å². The van der Waals surface area contributed by atoms with Gasteiger partial charge in [0.05, 0.1) is 11.6 Å². The molecule has 0 unspecified atom stereocenters. The molecule has 5 heteroatoms. The number of anilines is 2. The van der Waals surface area contributed by atoms with Crippen molar-refractivity contribution in [2.45, 2.75) is 6.92 Å².